The van der Waals surface area contributed by atoms with Crippen molar-refractivity contribution < 1.29 is 18.4 Å². The third-order valence-corrected chi connectivity index (χ3v) is 5.98. The second-order valence-electron chi connectivity index (χ2n) is 7.37. The summed E-state index contributed by atoms with van der Waals surface area (Å²) in [7, 11) is 3.15. The average molecular weight is 461 g/mol. The van der Waals surface area contributed by atoms with Gasteiger partial charge in [0.15, 0.2) is 11.5 Å². The van der Waals surface area contributed by atoms with E-state index in [1.54, 1.807) is 32.4 Å². The van der Waals surface area contributed by atoms with Crippen LogP contribution in [0.4, 0.5) is 0 Å². The first-order valence-electron chi connectivity index (χ1n) is 10.1. The van der Waals surface area contributed by atoms with Crippen LogP contribution in [0.1, 0.15) is 16.5 Å². The maximum absolute atomic E-state index is 12.5. The summed E-state index contributed by atoms with van der Waals surface area (Å²) in [6.07, 6.45) is 0.350. The predicted molar refractivity (Wildman–Crippen MR) is 124 cm³/mol. The topological polar surface area (TPSA) is 100 Å². The Morgan fingerprint density at radius 2 is 1.85 bits per heavy atom. The monoisotopic (exact) mass is 461 g/mol. The third kappa shape index (κ3) is 4.10. The maximum atomic E-state index is 12.5. The molecule has 0 unspecified atom stereocenters. The van der Waals surface area contributed by atoms with Gasteiger partial charge in [-0.05, 0) is 43.3 Å². The van der Waals surface area contributed by atoms with Crippen LogP contribution in [0.15, 0.2) is 61.6 Å². The highest BCUT2D eigenvalue weighted by Gasteiger charge is 2.16. The van der Waals surface area contributed by atoms with E-state index < -0.39 is 5.63 Å². The van der Waals surface area contributed by atoms with Crippen molar-refractivity contribution in [1.29, 1.82) is 0 Å². The predicted octanol–water partition coefficient (Wildman–Crippen LogP) is 4.88. The lowest BCUT2D eigenvalue weighted by Gasteiger charge is -2.07. The van der Waals surface area contributed by atoms with Crippen molar-refractivity contribution in [2.75, 3.05) is 14.2 Å². The van der Waals surface area contributed by atoms with Gasteiger partial charge in [-0.1, -0.05) is 16.8 Å². The number of hydrogen-bond acceptors (Lipinski definition) is 9. The molecule has 33 heavy (non-hydrogen) atoms. The van der Waals surface area contributed by atoms with Crippen molar-refractivity contribution in [3.8, 4) is 34.1 Å². The number of nitrogens with zero attached hydrogens (tertiary/aromatic N) is 3. The molecule has 0 spiro atoms. The molecule has 9 heteroatoms. The van der Waals surface area contributed by atoms with E-state index in [1.807, 2.05) is 36.6 Å². The van der Waals surface area contributed by atoms with E-state index in [9.17, 15) is 4.79 Å². The molecule has 0 amide bonds. The molecule has 166 valence electrons. The van der Waals surface area contributed by atoms with Crippen LogP contribution in [0.2, 0.25) is 0 Å². The second-order valence-corrected chi connectivity index (χ2v) is 8.32. The highest BCUT2D eigenvalue weighted by molar-refractivity contribution is 7.10. The summed E-state index contributed by atoms with van der Waals surface area (Å²) in [4.78, 5) is 21.5. The van der Waals surface area contributed by atoms with Crippen molar-refractivity contribution in [1.82, 2.24) is 15.1 Å². The van der Waals surface area contributed by atoms with E-state index in [0.717, 1.165) is 21.5 Å². The summed E-state index contributed by atoms with van der Waals surface area (Å²) in [5.41, 5.74) is 2.95. The largest absolute Gasteiger partial charge is 0.493 e. The molecule has 8 nitrogen and oxygen atoms in total. The number of hydrogen-bond donors (Lipinski definition) is 0. The fourth-order valence-corrected chi connectivity index (χ4v) is 4.27. The first-order chi connectivity index (χ1) is 16.0. The lowest BCUT2D eigenvalue weighted by molar-refractivity contribution is 0.355. The van der Waals surface area contributed by atoms with Crippen molar-refractivity contribution in [2.24, 2.45) is 0 Å². The van der Waals surface area contributed by atoms with Crippen LogP contribution in [-0.4, -0.2) is 29.3 Å². The van der Waals surface area contributed by atoms with Gasteiger partial charge in [0.05, 0.1) is 31.9 Å². The van der Waals surface area contributed by atoms with Gasteiger partial charge in [0, 0.05) is 16.3 Å². The SMILES string of the molecule is COc1ccc(-c2noc(Cc3nc(-c4cc5cc(C)ccc5oc4=O)cs3)n2)cc1OC. The van der Waals surface area contributed by atoms with E-state index in [2.05, 4.69) is 15.1 Å². The molecule has 0 saturated heterocycles. The number of fused-ring (bicyclic) bond motifs is 1. The molecule has 0 aliphatic rings. The van der Waals surface area contributed by atoms with Gasteiger partial charge < -0.3 is 18.4 Å². The summed E-state index contributed by atoms with van der Waals surface area (Å²) in [6.45, 7) is 1.99. The van der Waals surface area contributed by atoms with E-state index >= 15 is 0 Å². The van der Waals surface area contributed by atoms with Gasteiger partial charge in [-0.3, -0.25) is 0 Å². The summed E-state index contributed by atoms with van der Waals surface area (Å²) in [5.74, 6) is 2.05. The summed E-state index contributed by atoms with van der Waals surface area (Å²) < 4.78 is 21.5. The van der Waals surface area contributed by atoms with Gasteiger partial charge in [0.25, 0.3) is 0 Å². The minimum Gasteiger partial charge on any atom is -0.493 e. The molecule has 0 radical (unpaired) electrons. The lowest BCUT2D eigenvalue weighted by Crippen LogP contribution is -2.03. The maximum Gasteiger partial charge on any atom is 0.345 e. The Bertz CT molecular complexity index is 1520. The molecular weight excluding hydrogens is 442 g/mol. The van der Waals surface area contributed by atoms with Gasteiger partial charge in [-0.15, -0.1) is 11.3 Å². The molecular formula is C24H19N3O5S. The molecule has 3 aromatic heterocycles. The molecule has 0 saturated carbocycles. The Morgan fingerprint density at radius 3 is 2.67 bits per heavy atom. The number of aromatic nitrogens is 3. The smallest absolute Gasteiger partial charge is 0.345 e. The van der Waals surface area contributed by atoms with Gasteiger partial charge in [-0.25, -0.2) is 9.78 Å². The highest BCUT2D eigenvalue weighted by Crippen LogP contribution is 2.31. The molecule has 3 heterocycles. The Labute approximate surface area is 192 Å². The van der Waals surface area contributed by atoms with Crippen LogP contribution in [-0.2, 0) is 6.42 Å². The zero-order valence-electron chi connectivity index (χ0n) is 18.1. The van der Waals surface area contributed by atoms with E-state index in [-0.39, 0.29) is 0 Å². The first-order valence-corrected chi connectivity index (χ1v) is 11.0. The molecule has 5 aromatic rings. The molecule has 0 N–H and O–H groups in total. The van der Waals surface area contributed by atoms with Crippen LogP contribution in [0, 0.1) is 6.92 Å². The third-order valence-electron chi connectivity index (χ3n) is 5.13. The van der Waals surface area contributed by atoms with E-state index in [0.29, 0.717) is 46.5 Å². The summed E-state index contributed by atoms with van der Waals surface area (Å²) in [6, 6.07) is 12.9. The second kappa shape index (κ2) is 8.51. The van der Waals surface area contributed by atoms with Crippen molar-refractivity contribution >= 4 is 22.3 Å². The normalized spacial score (nSPS) is 11.1. The highest BCUT2D eigenvalue weighted by atomic mass is 32.1. The van der Waals surface area contributed by atoms with Crippen LogP contribution in [0.25, 0.3) is 33.6 Å². The minimum atomic E-state index is -0.420. The Morgan fingerprint density at radius 1 is 1.00 bits per heavy atom. The van der Waals surface area contributed by atoms with E-state index in [4.69, 9.17) is 18.4 Å². The molecule has 0 aliphatic heterocycles. The Kier molecular flexibility index (Phi) is 5.39. The van der Waals surface area contributed by atoms with Crippen molar-refractivity contribution in [2.45, 2.75) is 13.3 Å². The number of ether oxygens (including phenoxy) is 2. The molecule has 2 aromatic carbocycles. The van der Waals surface area contributed by atoms with Crippen LogP contribution in [0.5, 0.6) is 11.5 Å². The van der Waals surface area contributed by atoms with Crippen LogP contribution < -0.4 is 15.1 Å². The molecule has 0 bridgehead atoms. The average Bonchev–Trinajstić information content (AvgIpc) is 3.48. The van der Waals surface area contributed by atoms with Crippen molar-refractivity contribution in [3.63, 3.8) is 0 Å². The van der Waals surface area contributed by atoms with E-state index in [1.165, 1.54) is 11.3 Å². The number of benzene rings is 2. The first kappa shape index (κ1) is 20.9. The van der Waals surface area contributed by atoms with Crippen molar-refractivity contribution in [3.05, 3.63) is 74.7 Å². The van der Waals surface area contributed by atoms with Gasteiger partial charge in [-0.2, -0.15) is 4.98 Å². The minimum absolute atomic E-state index is 0.350. The lowest BCUT2D eigenvalue weighted by atomic mass is 10.1. The summed E-state index contributed by atoms with van der Waals surface area (Å²) in [5, 5.41) is 7.50. The molecule has 0 fully saturated rings. The number of rotatable bonds is 6. The molecule has 5 rings (SSSR count). The summed E-state index contributed by atoms with van der Waals surface area (Å²) >= 11 is 1.42. The quantitative estimate of drug-likeness (QED) is 0.330. The number of aryl methyl sites for hydroxylation is 1. The zero-order valence-corrected chi connectivity index (χ0v) is 18.9. The van der Waals surface area contributed by atoms with Gasteiger partial charge in [0.1, 0.15) is 10.6 Å². The van der Waals surface area contributed by atoms with Crippen LogP contribution >= 0.6 is 11.3 Å². The fraction of sp³-hybridized carbons (Fsp3) is 0.167. The fourth-order valence-electron chi connectivity index (χ4n) is 3.49. The zero-order chi connectivity index (χ0) is 22.9. The Balaban J connectivity index is 1.39. The standard InChI is InChI=1S/C24H19N3O5S/c1-13-4-6-18-15(8-13)9-16(24(28)31-18)17-12-33-22(25-17)11-21-26-23(27-32-21)14-5-7-19(29-2)20(10-14)30-3/h4-10,12H,11H2,1-3H3. The molecule has 0 atom stereocenters. The number of methoxy groups -OCH3 is 2. The molecule has 0 aliphatic carbocycles. The number of thiazole rings is 1. The van der Waals surface area contributed by atoms with Gasteiger partial charge in [0.2, 0.25) is 11.7 Å². The van der Waals surface area contributed by atoms with Gasteiger partial charge >= 0.3 is 5.63 Å². The Hall–Kier alpha value is -3.98. The van der Waals surface area contributed by atoms with Crippen LogP contribution in [0.3, 0.4) is 0 Å².